The van der Waals surface area contributed by atoms with Crippen molar-refractivity contribution in [3.63, 3.8) is 0 Å². The molecule has 1 saturated heterocycles. The Bertz CT molecular complexity index is 450. The maximum absolute atomic E-state index is 13.0. The zero-order chi connectivity index (χ0) is 13.7. The molecule has 0 atom stereocenters. The highest BCUT2D eigenvalue weighted by Gasteiger charge is 2.15. The number of hydrogen-bond donors (Lipinski definition) is 2. The van der Waals surface area contributed by atoms with E-state index in [1.54, 1.807) is 0 Å². The summed E-state index contributed by atoms with van der Waals surface area (Å²) < 4.78 is 18.5. The van der Waals surface area contributed by atoms with Gasteiger partial charge in [0, 0.05) is 0 Å². The van der Waals surface area contributed by atoms with Crippen molar-refractivity contribution in [2.45, 2.75) is 18.9 Å². The minimum absolute atomic E-state index is 0.0441. The predicted molar refractivity (Wildman–Crippen MR) is 71.9 cm³/mol. The molecule has 0 saturated carbocycles. The molecule has 1 amide bonds. The fraction of sp³-hybridized carbons (Fsp3) is 0.462. The molecule has 2 rings (SSSR count). The molecular weight excluding hydrogens is 271 g/mol. The zero-order valence-electron chi connectivity index (χ0n) is 10.4. The molecule has 104 valence electrons. The van der Waals surface area contributed by atoms with Crippen molar-refractivity contribution in [3.05, 3.63) is 29.0 Å². The summed E-state index contributed by atoms with van der Waals surface area (Å²) in [6, 6.07) is 3.83. The Balaban J connectivity index is 1.81. The minimum Gasteiger partial charge on any atom is -0.368 e. The molecule has 0 aliphatic carbocycles. The number of benzene rings is 1. The first-order chi connectivity index (χ1) is 9.15. The fourth-order valence-electron chi connectivity index (χ4n) is 1.94. The van der Waals surface area contributed by atoms with Gasteiger partial charge >= 0.3 is 0 Å². The van der Waals surface area contributed by atoms with E-state index >= 15 is 0 Å². The van der Waals surface area contributed by atoms with Gasteiger partial charge in [-0.2, -0.15) is 0 Å². The molecule has 4 nitrogen and oxygen atoms in total. The molecule has 0 radical (unpaired) electrons. The van der Waals surface area contributed by atoms with Gasteiger partial charge < -0.3 is 15.4 Å². The van der Waals surface area contributed by atoms with Crippen molar-refractivity contribution in [3.8, 4) is 0 Å². The number of ether oxygens (including phenoxy) is 1. The summed E-state index contributed by atoms with van der Waals surface area (Å²) in [6.07, 6.45) is 1.90. The second kappa shape index (κ2) is 6.84. The zero-order valence-corrected chi connectivity index (χ0v) is 11.2. The van der Waals surface area contributed by atoms with Crippen LogP contribution in [0.5, 0.6) is 0 Å². The van der Waals surface area contributed by atoms with Crippen LogP contribution >= 0.6 is 11.6 Å². The van der Waals surface area contributed by atoms with Crippen LogP contribution in [0.4, 0.5) is 10.1 Å². The van der Waals surface area contributed by atoms with Gasteiger partial charge in [0.25, 0.3) is 0 Å². The number of hydrogen-bond acceptors (Lipinski definition) is 3. The quantitative estimate of drug-likeness (QED) is 0.892. The number of anilines is 1. The van der Waals surface area contributed by atoms with E-state index in [-0.39, 0.29) is 24.3 Å². The molecule has 0 unspecified atom stereocenters. The van der Waals surface area contributed by atoms with Gasteiger partial charge in [-0.05, 0) is 44.1 Å². The number of rotatable bonds is 4. The Labute approximate surface area is 116 Å². The van der Waals surface area contributed by atoms with Gasteiger partial charge in [-0.15, -0.1) is 0 Å². The van der Waals surface area contributed by atoms with Gasteiger partial charge in [-0.1, -0.05) is 11.6 Å². The van der Waals surface area contributed by atoms with Crippen molar-refractivity contribution in [1.82, 2.24) is 5.32 Å². The molecule has 19 heavy (non-hydrogen) atoms. The van der Waals surface area contributed by atoms with E-state index in [9.17, 15) is 9.18 Å². The monoisotopic (exact) mass is 286 g/mol. The lowest BCUT2D eigenvalue weighted by Crippen LogP contribution is -2.34. The maximum Gasteiger partial charge on any atom is 0.250 e. The molecule has 6 heteroatoms. The van der Waals surface area contributed by atoms with Crippen molar-refractivity contribution in [2.75, 3.05) is 25.0 Å². The normalized spacial score (nSPS) is 16.3. The number of piperidine rings is 1. The molecule has 0 aromatic heterocycles. The Kier molecular flexibility index (Phi) is 5.13. The number of nitrogens with one attached hydrogen (secondary N) is 2. The van der Waals surface area contributed by atoms with Crippen molar-refractivity contribution in [1.29, 1.82) is 0 Å². The highest BCUT2D eigenvalue weighted by Crippen LogP contribution is 2.22. The second-order valence-electron chi connectivity index (χ2n) is 4.43. The molecule has 1 heterocycles. The Morgan fingerprint density at radius 2 is 2.21 bits per heavy atom. The third kappa shape index (κ3) is 4.45. The predicted octanol–water partition coefficient (Wildman–Crippen LogP) is 2.19. The molecule has 1 fully saturated rings. The van der Waals surface area contributed by atoms with Crippen molar-refractivity contribution < 1.29 is 13.9 Å². The van der Waals surface area contributed by atoms with Crippen molar-refractivity contribution >= 4 is 23.2 Å². The number of halogens is 2. The van der Waals surface area contributed by atoms with E-state index in [1.807, 2.05) is 0 Å². The van der Waals surface area contributed by atoms with Crippen LogP contribution in [0.1, 0.15) is 12.8 Å². The Morgan fingerprint density at radius 1 is 1.47 bits per heavy atom. The van der Waals surface area contributed by atoms with Crippen LogP contribution < -0.4 is 10.6 Å². The Hall–Kier alpha value is -1.17. The summed E-state index contributed by atoms with van der Waals surface area (Å²) in [7, 11) is 0. The first kappa shape index (κ1) is 14.2. The lowest BCUT2D eigenvalue weighted by atomic mass is 10.1. The maximum atomic E-state index is 13.0. The molecule has 0 bridgehead atoms. The highest BCUT2D eigenvalue weighted by molar-refractivity contribution is 6.33. The van der Waals surface area contributed by atoms with Gasteiger partial charge in [0.1, 0.15) is 12.4 Å². The van der Waals surface area contributed by atoms with E-state index in [2.05, 4.69) is 10.6 Å². The molecule has 2 N–H and O–H groups in total. The number of amides is 1. The lowest BCUT2D eigenvalue weighted by molar-refractivity contribution is -0.123. The molecule has 0 spiro atoms. The number of carbonyl (C=O) groups excluding carboxylic acids is 1. The minimum atomic E-state index is -0.445. The molecule has 1 aromatic rings. The van der Waals surface area contributed by atoms with E-state index < -0.39 is 5.82 Å². The summed E-state index contributed by atoms with van der Waals surface area (Å²) in [4.78, 5) is 11.7. The van der Waals surface area contributed by atoms with Crippen LogP contribution in [0.2, 0.25) is 5.02 Å². The molecular formula is C13H16ClFN2O2. The molecule has 1 aliphatic heterocycles. The van der Waals surface area contributed by atoms with Gasteiger partial charge in [0.05, 0.1) is 16.8 Å². The molecule has 1 aromatic carbocycles. The topological polar surface area (TPSA) is 50.4 Å². The SMILES string of the molecule is O=C(COC1CCNCC1)Nc1cc(F)ccc1Cl. The van der Waals surface area contributed by atoms with Crippen LogP contribution in [0.3, 0.4) is 0 Å². The lowest BCUT2D eigenvalue weighted by Gasteiger charge is -2.22. The van der Waals surface area contributed by atoms with Gasteiger partial charge in [0.15, 0.2) is 0 Å². The summed E-state index contributed by atoms with van der Waals surface area (Å²) in [5.74, 6) is -0.773. The smallest absolute Gasteiger partial charge is 0.250 e. The first-order valence-electron chi connectivity index (χ1n) is 6.22. The fourth-order valence-corrected chi connectivity index (χ4v) is 2.10. The number of carbonyl (C=O) groups is 1. The van der Waals surface area contributed by atoms with Crippen LogP contribution in [0.25, 0.3) is 0 Å². The third-order valence-electron chi connectivity index (χ3n) is 2.94. The largest absolute Gasteiger partial charge is 0.368 e. The van der Waals surface area contributed by atoms with Crippen LogP contribution in [0, 0.1) is 5.82 Å². The standard InChI is InChI=1S/C13H16ClFN2O2/c14-11-2-1-9(15)7-12(11)17-13(18)8-19-10-3-5-16-6-4-10/h1-2,7,10,16H,3-6,8H2,(H,17,18). The van der Waals surface area contributed by atoms with Crippen LogP contribution in [-0.4, -0.2) is 31.7 Å². The first-order valence-corrected chi connectivity index (χ1v) is 6.60. The van der Waals surface area contributed by atoms with Gasteiger partial charge in [0.2, 0.25) is 5.91 Å². The van der Waals surface area contributed by atoms with Crippen molar-refractivity contribution in [2.24, 2.45) is 0 Å². The van der Waals surface area contributed by atoms with Crippen LogP contribution in [0.15, 0.2) is 18.2 Å². The summed E-state index contributed by atoms with van der Waals surface area (Å²) >= 11 is 5.86. The van der Waals surface area contributed by atoms with Crippen LogP contribution in [-0.2, 0) is 9.53 Å². The van der Waals surface area contributed by atoms with E-state index in [0.29, 0.717) is 5.02 Å². The second-order valence-corrected chi connectivity index (χ2v) is 4.84. The summed E-state index contributed by atoms with van der Waals surface area (Å²) in [5.41, 5.74) is 0.264. The van der Waals surface area contributed by atoms with E-state index in [1.165, 1.54) is 18.2 Å². The highest BCUT2D eigenvalue weighted by atomic mass is 35.5. The Morgan fingerprint density at radius 3 is 2.95 bits per heavy atom. The van der Waals surface area contributed by atoms with Gasteiger partial charge in [-0.3, -0.25) is 4.79 Å². The third-order valence-corrected chi connectivity index (χ3v) is 3.27. The van der Waals surface area contributed by atoms with E-state index in [4.69, 9.17) is 16.3 Å². The summed E-state index contributed by atoms with van der Waals surface area (Å²) in [5, 5.41) is 6.06. The molecule has 1 aliphatic rings. The average molecular weight is 287 g/mol. The average Bonchev–Trinajstić information content (AvgIpc) is 2.42. The summed E-state index contributed by atoms with van der Waals surface area (Å²) in [6.45, 7) is 1.77. The van der Waals surface area contributed by atoms with Gasteiger partial charge in [-0.25, -0.2) is 4.39 Å². The van der Waals surface area contributed by atoms with E-state index in [0.717, 1.165) is 25.9 Å².